The van der Waals surface area contributed by atoms with Gasteiger partial charge in [-0.05, 0) is 12.8 Å². The summed E-state index contributed by atoms with van der Waals surface area (Å²) in [7, 11) is 0. The fraction of sp³-hybridized carbons (Fsp3) is 1.00. The second-order valence-electron chi connectivity index (χ2n) is 1.88. The Morgan fingerprint density at radius 2 is 1.57 bits per heavy atom. The molecule has 44 valence electrons. The van der Waals surface area contributed by atoms with Gasteiger partial charge >= 0.3 is 0 Å². The number of hydrogen-bond acceptors (Lipinski definition) is 0. The first-order valence-electron chi connectivity index (χ1n) is 2.53. The SMILES string of the molecule is Br.BrC1CCCC1. The molecule has 7 heavy (non-hydrogen) atoms. The summed E-state index contributed by atoms with van der Waals surface area (Å²) in [5.41, 5.74) is 0. The third-order valence-corrected chi connectivity index (χ3v) is 2.20. The Balaban J connectivity index is 0.000000360. The van der Waals surface area contributed by atoms with Gasteiger partial charge in [-0.15, -0.1) is 17.0 Å². The molecule has 0 N–H and O–H groups in total. The van der Waals surface area contributed by atoms with E-state index in [1.807, 2.05) is 0 Å². The maximum absolute atomic E-state index is 3.54. The summed E-state index contributed by atoms with van der Waals surface area (Å²) in [5.74, 6) is 0. The molecule has 0 heterocycles. The van der Waals surface area contributed by atoms with Crippen molar-refractivity contribution in [1.29, 1.82) is 0 Å². The molecular formula is C5H10Br2. The Hall–Kier alpha value is 0.960. The molecule has 0 spiro atoms. The second kappa shape index (κ2) is 3.90. The van der Waals surface area contributed by atoms with Gasteiger partial charge in [-0.3, -0.25) is 0 Å². The molecule has 0 aromatic rings. The Bertz CT molecular complexity index is 39.3. The minimum Gasteiger partial charge on any atom is -0.114 e. The highest BCUT2D eigenvalue weighted by molar-refractivity contribution is 9.09. The number of hydrogen-bond donors (Lipinski definition) is 0. The molecule has 2 heteroatoms. The van der Waals surface area contributed by atoms with Gasteiger partial charge in [0.15, 0.2) is 0 Å². The standard InChI is InChI=1S/C5H9Br.BrH/c6-5-3-1-2-4-5;/h5H,1-4H2;1H. The van der Waals surface area contributed by atoms with E-state index in [4.69, 9.17) is 0 Å². The average Bonchev–Trinajstić information content (AvgIpc) is 1.86. The van der Waals surface area contributed by atoms with Crippen molar-refractivity contribution in [3.63, 3.8) is 0 Å². The van der Waals surface area contributed by atoms with Crippen molar-refractivity contribution in [2.45, 2.75) is 30.5 Å². The van der Waals surface area contributed by atoms with Crippen molar-refractivity contribution < 1.29 is 0 Å². The van der Waals surface area contributed by atoms with Crippen molar-refractivity contribution in [2.24, 2.45) is 0 Å². The summed E-state index contributed by atoms with van der Waals surface area (Å²) in [4.78, 5) is 0.859. The van der Waals surface area contributed by atoms with Crippen molar-refractivity contribution in [1.82, 2.24) is 0 Å². The second-order valence-corrected chi connectivity index (χ2v) is 3.18. The highest BCUT2D eigenvalue weighted by Gasteiger charge is 2.09. The lowest BCUT2D eigenvalue weighted by Gasteiger charge is -1.88. The number of halogens is 2. The summed E-state index contributed by atoms with van der Waals surface area (Å²) in [6.07, 6.45) is 5.69. The van der Waals surface area contributed by atoms with Gasteiger partial charge in [0.1, 0.15) is 0 Å². The fourth-order valence-corrected chi connectivity index (χ4v) is 1.52. The van der Waals surface area contributed by atoms with Crippen LogP contribution in [0.5, 0.6) is 0 Å². The van der Waals surface area contributed by atoms with Crippen LogP contribution in [0.2, 0.25) is 0 Å². The molecule has 0 aromatic carbocycles. The molecule has 0 bridgehead atoms. The van der Waals surface area contributed by atoms with Crippen molar-refractivity contribution in [3.05, 3.63) is 0 Å². The summed E-state index contributed by atoms with van der Waals surface area (Å²) >= 11 is 3.54. The zero-order valence-electron chi connectivity index (χ0n) is 4.19. The maximum Gasteiger partial charge on any atom is 0.0145 e. The molecule has 0 aliphatic heterocycles. The predicted molar refractivity (Wildman–Crippen MR) is 41.5 cm³/mol. The van der Waals surface area contributed by atoms with Crippen LogP contribution >= 0.6 is 32.9 Å². The van der Waals surface area contributed by atoms with Crippen LogP contribution in [0, 0.1) is 0 Å². The van der Waals surface area contributed by atoms with E-state index in [1.54, 1.807) is 0 Å². The van der Waals surface area contributed by atoms with E-state index in [2.05, 4.69) is 15.9 Å². The quantitative estimate of drug-likeness (QED) is 0.561. The Labute approximate surface area is 63.6 Å². The smallest absolute Gasteiger partial charge is 0.0145 e. The summed E-state index contributed by atoms with van der Waals surface area (Å²) in [6, 6.07) is 0. The summed E-state index contributed by atoms with van der Waals surface area (Å²) in [6.45, 7) is 0. The van der Waals surface area contributed by atoms with E-state index in [1.165, 1.54) is 25.7 Å². The third kappa shape index (κ3) is 2.70. The van der Waals surface area contributed by atoms with Crippen molar-refractivity contribution in [3.8, 4) is 0 Å². The van der Waals surface area contributed by atoms with Crippen molar-refractivity contribution in [2.75, 3.05) is 0 Å². The largest absolute Gasteiger partial charge is 0.114 e. The van der Waals surface area contributed by atoms with Gasteiger partial charge in [0.2, 0.25) is 0 Å². The summed E-state index contributed by atoms with van der Waals surface area (Å²) < 4.78 is 0. The van der Waals surface area contributed by atoms with Crippen LogP contribution < -0.4 is 0 Å². The zero-order valence-corrected chi connectivity index (χ0v) is 7.49. The van der Waals surface area contributed by atoms with Gasteiger partial charge in [0.25, 0.3) is 0 Å². The van der Waals surface area contributed by atoms with Gasteiger partial charge < -0.3 is 0 Å². The van der Waals surface area contributed by atoms with Crippen molar-refractivity contribution >= 4 is 32.9 Å². The van der Waals surface area contributed by atoms with Crippen LogP contribution in [0.4, 0.5) is 0 Å². The van der Waals surface area contributed by atoms with Gasteiger partial charge in [-0.2, -0.15) is 0 Å². The van der Waals surface area contributed by atoms with E-state index in [9.17, 15) is 0 Å². The molecule has 1 saturated carbocycles. The minimum absolute atomic E-state index is 0. The topological polar surface area (TPSA) is 0 Å². The van der Waals surface area contributed by atoms with Gasteiger partial charge in [0.05, 0.1) is 0 Å². The fourth-order valence-electron chi connectivity index (χ4n) is 0.876. The van der Waals surface area contributed by atoms with Crippen LogP contribution in [0.15, 0.2) is 0 Å². The molecule has 0 unspecified atom stereocenters. The zero-order chi connectivity index (χ0) is 4.41. The molecule has 0 amide bonds. The molecule has 0 nitrogen and oxygen atoms in total. The third-order valence-electron chi connectivity index (χ3n) is 1.28. The van der Waals surface area contributed by atoms with Gasteiger partial charge in [-0.25, -0.2) is 0 Å². The molecule has 1 fully saturated rings. The average molecular weight is 230 g/mol. The maximum atomic E-state index is 3.54. The number of rotatable bonds is 0. The van der Waals surface area contributed by atoms with E-state index >= 15 is 0 Å². The first-order valence-corrected chi connectivity index (χ1v) is 3.45. The Morgan fingerprint density at radius 3 is 1.71 bits per heavy atom. The van der Waals surface area contributed by atoms with E-state index in [-0.39, 0.29) is 17.0 Å². The lowest BCUT2D eigenvalue weighted by atomic mass is 10.4. The Kier molecular flexibility index (Phi) is 4.44. The molecule has 1 aliphatic rings. The van der Waals surface area contributed by atoms with E-state index in [0.717, 1.165) is 4.83 Å². The molecular weight excluding hydrogens is 220 g/mol. The molecule has 0 atom stereocenters. The van der Waals surface area contributed by atoms with Crippen LogP contribution in [-0.2, 0) is 0 Å². The monoisotopic (exact) mass is 228 g/mol. The number of alkyl halides is 1. The highest BCUT2D eigenvalue weighted by Crippen LogP contribution is 2.23. The van der Waals surface area contributed by atoms with E-state index in [0.29, 0.717) is 0 Å². The first kappa shape index (κ1) is 7.96. The van der Waals surface area contributed by atoms with Gasteiger partial charge in [0, 0.05) is 4.83 Å². The molecule has 0 radical (unpaired) electrons. The summed E-state index contributed by atoms with van der Waals surface area (Å²) in [5, 5.41) is 0. The molecule has 0 saturated heterocycles. The highest BCUT2D eigenvalue weighted by atomic mass is 79.9. The Morgan fingerprint density at radius 1 is 1.14 bits per heavy atom. The molecule has 0 aromatic heterocycles. The van der Waals surface area contributed by atoms with E-state index < -0.39 is 0 Å². The molecule has 1 aliphatic carbocycles. The normalized spacial score (nSPS) is 21.9. The lowest BCUT2D eigenvalue weighted by Crippen LogP contribution is -1.81. The van der Waals surface area contributed by atoms with Gasteiger partial charge in [-0.1, -0.05) is 28.8 Å². The molecule has 1 rings (SSSR count). The minimum atomic E-state index is 0. The van der Waals surface area contributed by atoms with Crippen LogP contribution in [0.1, 0.15) is 25.7 Å². The van der Waals surface area contributed by atoms with Crippen LogP contribution in [0.25, 0.3) is 0 Å². The lowest BCUT2D eigenvalue weighted by molar-refractivity contribution is 0.886. The van der Waals surface area contributed by atoms with Crippen LogP contribution in [0.3, 0.4) is 0 Å². The first-order chi connectivity index (χ1) is 2.89. The predicted octanol–water partition coefficient (Wildman–Crippen LogP) is 2.90. The van der Waals surface area contributed by atoms with Crippen LogP contribution in [-0.4, -0.2) is 4.83 Å².